The number of hydrogen-bond acceptors (Lipinski definition) is 7. The van der Waals surface area contributed by atoms with E-state index >= 15 is 0 Å². The predicted molar refractivity (Wildman–Crippen MR) is 115 cm³/mol. The molecule has 1 aromatic carbocycles. The van der Waals surface area contributed by atoms with Crippen LogP contribution in [0.15, 0.2) is 41.3 Å². The number of aromatic nitrogens is 4. The summed E-state index contributed by atoms with van der Waals surface area (Å²) in [5, 5.41) is 4.09. The number of rotatable bonds is 7. The van der Waals surface area contributed by atoms with Crippen LogP contribution in [-0.4, -0.2) is 51.1 Å². The zero-order valence-corrected chi connectivity index (χ0v) is 18.0. The first-order valence-electron chi connectivity index (χ1n) is 10.7. The van der Waals surface area contributed by atoms with Gasteiger partial charge in [0.1, 0.15) is 12.1 Å². The third kappa shape index (κ3) is 4.90. The maximum atomic E-state index is 12.9. The van der Waals surface area contributed by atoms with E-state index in [-0.39, 0.29) is 11.8 Å². The van der Waals surface area contributed by atoms with Gasteiger partial charge in [-0.15, -0.1) is 0 Å². The molecule has 8 heteroatoms. The monoisotopic (exact) mass is 421 g/mol. The Kier molecular flexibility index (Phi) is 6.54. The zero-order chi connectivity index (χ0) is 21.6. The summed E-state index contributed by atoms with van der Waals surface area (Å²) >= 11 is 0. The molecule has 3 aromatic rings. The molecule has 0 bridgehead atoms. The number of ether oxygens (including phenoxy) is 1. The van der Waals surface area contributed by atoms with Crippen molar-refractivity contribution in [2.45, 2.75) is 44.9 Å². The van der Waals surface area contributed by atoms with E-state index in [0.29, 0.717) is 37.5 Å². The first-order valence-corrected chi connectivity index (χ1v) is 10.7. The molecule has 1 aliphatic rings. The van der Waals surface area contributed by atoms with Crippen LogP contribution in [0.3, 0.4) is 0 Å². The highest BCUT2D eigenvalue weighted by molar-refractivity contribution is 5.76. The lowest BCUT2D eigenvalue weighted by Gasteiger charge is -2.33. The van der Waals surface area contributed by atoms with Crippen molar-refractivity contribution in [2.24, 2.45) is 0 Å². The Hall–Kier alpha value is -3.29. The molecule has 1 fully saturated rings. The minimum absolute atomic E-state index is 0.125. The van der Waals surface area contributed by atoms with Gasteiger partial charge in [-0.05, 0) is 37.0 Å². The van der Waals surface area contributed by atoms with Crippen LogP contribution in [0.5, 0.6) is 5.75 Å². The number of nitrogens with zero attached hydrogens (tertiary/aromatic N) is 5. The van der Waals surface area contributed by atoms with Gasteiger partial charge in [0, 0.05) is 38.0 Å². The van der Waals surface area contributed by atoms with Crippen LogP contribution in [0.4, 0.5) is 0 Å². The molecule has 31 heavy (non-hydrogen) atoms. The summed E-state index contributed by atoms with van der Waals surface area (Å²) in [6.07, 6.45) is 7.06. The van der Waals surface area contributed by atoms with Gasteiger partial charge in [-0.25, -0.2) is 9.97 Å². The number of carbonyl (C=O) groups is 1. The second-order valence-electron chi connectivity index (χ2n) is 7.71. The number of carbonyl (C=O) groups excluding carboxylic acids is 1. The van der Waals surface area contributed by atoms with Crippen LogP contribution in [0.2, 0.25) is 0 Å². The van der Waals surface area contributed by atoms with Crippen molar-refractivity contribution >= 4 is 5.91 Å². The van der Waals surface area contributed by atoms with Crippen molar-refractivity contribution in [2.75, 3.05) is 20.2 Å². The highest BCUT2D eigenvalue weighted by atomic mass is 16.5. The number of amides is 1. The number of piperidine rings is 1. The summed E-state index contributed by atoms with van der Waals surface area (Å²) in [6, 6.07) is 7.87. The predicted octanol–water partition coefficient (Wildman–Crippen LogP) is 3.44. The second-order valence-corrected chi connectivity index (χ2v) is 7.71. The van der Waals surface area contributed by atoms with E-state index in [2.05, 4.69) is 20.1 Å². The molecule has 1 saturated heterocycles. The van der Waals surface area contributed by atoms with E-state index in [1.807, 2.05) is 36.1 Å². The molecule has 3 heterocycles. The molecule has 1 atom stereocenters. The van der Waals surface area contributed by atoms with Crippen molar-refractivity contribution in [3.05, 3.63) is 53.9 Å². The molecule has 1 aliphatic heterocycles. The van der Waals surface area contributed by atoms with Gasteiger partial charge in [0.05, 0.1) is 18.4 Å². The van der Waals surface area contributed by atoms with Gasteiger partial charge in [0.15, 0.2) is 0 Å². The fraction of sp³-hybridized carbons (Fsp3) is 0.435. The lowest BCUT2D eigenvalue weighted by atomic mass is 9.91. The van der Waals surface area contributed by atoms with Gasteiger partial charge in [0.2, 0.25) is 17.6 Å². The summed E-state index contributed by atoms with van der Waals surface area (Å²) in [5.41, 5.74) is 2.79. The molecule has 4 rings (SSSR count). The Morgan fingerprint density at radius 3 is 2.87 bits per heavy atom. The van der Waals surface area contributed by atoms with Gasteiger partial charge in [-0.3, -0.25) is 4.79 Å². The third-order valence-corrected chi connectivity index (χ3v) is 5.70. The molecule has 2 aromatic heterocycles. The molecule has 0 saturated carbocycles. The molecule has 1 amide bonds. The van der Waals surface area contributed by atoms with E-state index < -0.39 is 0 Å². The summed E-state index contributed by atoms with van der Waals surface area (Å²) in [7, 11) is 1.65. The van der Waals surface area contributed by atoms with Crippen LogP contribution in [0.25, 0.3) is 11.4 Å². The Bertz CT molecular complexity index is 1020. The van der Waals surface area contributed by atoms with Gasteiger partial charge >= 0.3 is 0 Å². The molecular weight excluding hydrogens is 394 g/mol. The average Bonchev–Trinajstić information content (AvgIpc) is 3.32. The van der Waals surface area contributed by atoms with Gasteiger partial charge in [0.25, 0.3) is 0 Å². The summed E-state index contributed by atoms with van der Waals surface area (Å²) < 4.78 is 10.5. The highest BCUT2D eigenvalue weighted by Gasteiger charge is 2.28. The van der Waals surface area contributed by atoms with Crippen molar-refractivity contribution in [1.29, 1.82) is 0 Å². The first kappa shape index (κ1) is 21.0. The maximum absolute atomic E-state index is 12.9. The quantitative estimate of drug-likeness (QED) is 0.577. The largest absolute Gasteiger partial charge is 0.497 e. The normalized spacial score (nSPS) is 16.3. The van der Waals surface area contributed by atoms with Gasteiger partial charge in [-0.1, -0.05) is 24.2 Å². The topological polar surface area (TPSA) is 94.2 Å². The lowest BCUT2D eigenvalue weighted by molar-refractivity contribution is -0.132. The SMILES string of the molecule is CCc1nc(-c2cncnc2C2CCCN(C(=O)CCc3ccc(OC)cc3)C2)no1. The van der Waals surface area contributed by atoms with E-state index in [9.17, 15) is 4.79 Å². The fourth-order valence-corrected chi connectivity index (χ4v) is 3.97. The van der Waals surface area contributed by atoms with Crippen molar-refractivity contribution in [3.63, 3.8) is 0 Å². The maximum Gasteiger partial charge on any atom is 0.226 e. The molecule has 0 spiro atoms. The molecule has 8 nitrogen and oxygen atoms in total. The van der Waals surface area contributed by atoms with E-state index in [1.165, 1.54) is 0 Å². The minimum Gasteiger partial charge on any atom is -0.497 e. The van der Waals surface area contributed by atoms with Crippen LogP contribution in [0, 0.1) is 0 Å². The molecule has 0 aliphatic carbocycles. The standard InChI is InChI=1S/C23H27N5O3/c1-3-20-26-23(27-31-20)19-13-24-15-25-22(19)17-5-4-12-28(14-17)21(29)11-8-16-6-9-18(30-2)10-7-16/h6-7,9-10,13,15,17H,3-5,8,11-12,14H2,1-2H3. The van der Waals surface area contributed by atoms with Crippen molar-refractivity contribution < 1.29 is 14.1 Å². The number of benzene rings is 1. The van der Waals surface area contributed by atoms with Crippen LogP contribution < -0.4 is 4.74 Å². The van der Waals surface area contributed by atoms with E-state index in [4.69, 9.17) is 9.26 Å². The average molecular weight is 422 g/mol. The fourth-order valence-electron chi connectivity index (χ4n) is 3.97. The van der Waals surface area contributed by atoms with Crippen LogP contribution >= 0.6 is 0 Å². The smallest absolute Gasteiger partial charge is 0.226 e. The molecule has 1 unspecified atom stereocenters. The Morgan fingerprint density at radius 2 is 2.13 bits per heavy atom. The first-order chi connectivity index (χ1) is 15.2. The van der Waals surface area contributed by atoms with Crippen molar-refractivity contribution in [3.8, 4) is 17.1 Å². The Morgan fingerprint density at radius 1 is 1.29 bits per heavy atom. The Labute approximate surface area is 181 Å². The molecule has 0 radical (unpaired) electrons. The van der Waals surface area contributed by atoms with Crippen LogP contribution in [-0.2, 0) is 17.6 Å². The molecule has 162 valence electrons. The second kappa shape index (κ2) is 9.68. The highest BCUT2D eigenvalue weighted by Crippen LogP contribution is 2.31. The van der Waals surface area contributed by atoms with E-state index in [1.54, 1.807) is 19.6 Å². The lowest BCUT2D eigenvalue weighted by Crippen LogP contribution is -2.39. The van der Waals surface area contributed by atoms with Gasteiger partial charge in [-0.2, -0.15) is 4.98 Å². The summed E-state index contributed by atoms with van der Waals surface area (Å²) in [4.78, 5) is 28.0. The zero-order valence-electron chi connectivity index (χ0n) is 18.0. The number of hydrogen-bond donors (Lipinski definition) is 0. The minimum atomic E-state index is 0.125. The summed E-state index contributed by atoms with van der Waals surface area (Å²) in [6.45, 7) is 3.39. The number of likely N-dealkylation sites (tertiary alicyclic amines) is 1. The van der Waals surface area contributed by atoms with Crippen LogP contribution in [0.1, 0.15) is 49.3 Å². The van der Waals surface area contributed by atoms with E-state index in [0.717, 1.165) is 42.0 Å². The molecular formula is C23H27N5O3. The number of methoxy groups -OCH3 is 1. The number of aryl methyl sites for hydroxylation is 2. The molecule has 0 N–H and O–H groups in total. The Balaban J connectivity index is 1.43. The summed E-state index contributed by atoms with van der Waals surface area (Å²) in [5.74, 6) is 2.21. The van der Waals surface area contributed by atoms with Gasteiger partial charge < -0.3 is 14.2 Å². The van der Waals surface area contributed by atoms with Crippen molar-refractivity contribution in [1.82, 2.24) is 25.0 Å². The third-order valence-electron chi connectivity index (χ3n) is 5.70.